The molecule has 1 aliphatic heterocycles. The first-order chi connectivity index (χ1) is 14.3. The van der Waals surface area contributed by atoms with Gasteiger partial charge >= 0.3 is 0 Å². The Morgan fingerprint density at radius 1 is 0.586 bits per heavy atom. The van der Waals surface area contributed by atoms with Crippen LogP contribution in [0.4, 0.5) is 0 Å². The van der Waals surface area contributed by atoms with Crippen molar-refractivity contribution in [1.82, 2.24) is 0 Å². The van der Waals surface area contributed by atoms with E-state index in [1.54, 1.807) is 0 Å². The van der Waals surface area contributed by atoms with Crippen molar-refractivity contribution < 1.29 is 9.84 Å². The molecule has 1 N–H and O–H groups in total. The molecule has 4 aromatic carbocycles. The number of hydrogen-bond acceptors (Lipinski definition) is 2. The number of ether oxygens (including phenoxy) is 1. The first kappa shape index (κ1) is 17.6. The predicted octanol–water partition coefficient (Wildman–Crippen LogP) is 6.72. The third-order valence-corrected chi connectivity index (χ3v) is 5.53. The van der Waals surface area contributed by atoms with Gasteiger partial charge < -0.3 is 9.84 Å². The highest BCUT2D eigenvalue weighted by molar-refractivity contribution is 5.98. The molecule has 0 atom stereocenters. The molecule has 1 heterocycles. The fourth-order valence-electron chi connectivity index (χ4n) is 4.27. The van der Waals surface area contributed by atoms with Crippen LogP contribution in [0.2, 0.25) is 0 Å². The topological polar surface area (TPSA) is 29.5 Å². The van der Waals surface area contributed by atoms with Gasteiger partial charge in [0, 0.05) is 22.3 Å². The zero-order valence-corrected chi connectivity index (χ0v) is 16.1. The molecule has 2 heteroatoms. The van der Waals surface area contributed by atoms with Gasteiger partial charge in [-0.3, -0.25) is 0 Å². The van der Waals surface area contributed by atoms with E-state index in [-0.39, 0.29) is 0 Å². The highest BCUT2D eigenvalue weighted by Crippen LogP contribution is 2.53. The normalized spacial score (nSPS) is 12.8. The van der Waals surface area contributed by atoms with Crippen LogP contribution in [0.5, 0.6) is 11.5 Å². The van der Waals surface area contributed by atoms with Crippen molar-refractivity contribution in [2.24, 2.45) is 0 Å². The molecule has 29 heavy (non-hydrogen) atoms. The smallest absolute Gasteiger partial charge is 0.132 e. The van der Waals surface area contributed by atoms with Gasteiger partial charge in [-0.2, -0.15) is 0 Å². The predicted molar refractivity (Wildman–Crippen MR) is 118 cm³/mol. The highest BCUT2D eigenvalue weighted by Gasteiger charge is 2.28. The van der Waals surface area contributed by atoms with Crippen molar-refractivity contribution in [3.05, 3.63) is 96.6 Å². The van der Waals surface area contributed by atoms with E-state index in [2.05, 4.69) is 24.3 Å². The largest absolute Gasteiger partial charge is 0.507 e. The van der Waals surface area contributed by atoms with Gasteiger partial charge in [0.2, 0.25) is 0 Å². The number of phenolic OH excluding ortho intramolecular Hbond substituents is 1. The minimum absolute atomic E-state index is 0.325. The summed E-state index contributed by atoms with van der Waals surface area (Å²) in [4.78, 5) is 0. The van der Waals surface area contributed by atoms with Crippen molar-refractivity contribution >= 4 is 0 Å². The maximum Gasteiger partial charge on any atom is 0.132 e. The summed E-state index contributed by atoms with van der Waals surface area (Å²) in [6, 6.07) is 30.5. The molecule has 0 bridgehead atoms. The Hall–Kier alpha value is -3.52. The monoisotopic (exact) mass is 378 g/mol. The summed E-state index contributed by atoms with van der Waals surface area (Å²) in [6.07, 6.45) is 1.84. The first-order valence-electron chi connectivity index (χ1n) is 10.1. The summed E-state index contributed by atoms with van der Waals surface area (Å²) in [5, 5.41) is 11.6. The third kappa shape index (κ3) is 3.07. The summed E-state index contributed by atoms with van der Waals surface area (Å²) >= 11 is 0. The number of benzene rings is 4. The molecule has 0 aliphatic carbocycles. The second-order valence-corrected chi connectivity index (χ2v) is 7.33. The molecular formula is C27H22O2. The lowest BCUT2D eigenvalue weighted by molar-refractivity contribution is 0.289. The Labute approximate surface area is 171 Å². The summed E-state index contributed by atoms with van der Waals surface area (Å²) in [5.74, 6) is 1.23. The van der Waals surface area contributed by atoms with E-state index in [9.17, 15) is 5.11 Å². The van der Waals surface area contributed by atoms with Crippen LogP contribution in [0.25, 0.3) is 33.4 Å². The van der Waals surface area contributed by atoms with Gasteiger partial charge in [0.05, 0.1) is 6.61 Å². The molecule has 142 valence electrons. The molecule has 0 spiro atoms. The number of phenols is 1. The van der Waals surface area contributed by atoms with Crippen molar-refractivity contribution in [3.8, 4) is 44.9 Å². The number of aromatic hydroxyl groups is 1. The Bertz CT molecular complexity index is 1130. The van der Waals surface area contributed by atoms with Crippen LogP contribution >= 0.6 is 0 Å². The zero-order chi connectivity index (χ0) is 19.6. The van der Waals surface area contributed by atoms with Gasteiger partial charge in [-0.25, -0.2) is 0 Å². The lowest BCUT2D eigenvalue weighted by Gasteiger charge is -2.27. The molecule has 0 radical (unpaired) electrons. The van der Waals surface area contributed by atoms with E-state index >= 15 is 0 Å². The molecule has 0 amide bonds. The van der Waals surface area contributed by atoms with Gasteiger partial charge in [-0.15, -0.1) is 0 Å². The van der Waals surface area contributed by atoms with E-state index < -0.39 is 0 Å². The standard InChI is InChI=1S/C27H22O2/c28-26-23(19-11-4-1-5-12-19)22-17-10-18-29-27(22)25(21-15-8-3-9-16-21)24(26)20-13-6-2-7-14-20/h1-9,11-16,28H,10,17-18H2. The molecule has 4 aromatic rings. The molecule has 2 nitrogen and oxygen atoms in total. The maximum atomic E-state index is 11.6. The maximum absolute atomic E-state index is 11.6. The van der Waals surface area contributed by atoms with Gasteiger partial charge in [-0.05, 0) is 29.5 Å². The minimum Gasteiger partial charge on any atom is -0.507 e. The van der Waals surface area contributed by atoms with Crippen molar-refractivity contribution in [2.75, 3.05) is 6.61 Å². The molecule has 1 aliphatic rings. The van der Waals surface area contributed by atoms with Crippen LogP contribution in [-0.2, 0) is 6.42 Å². The molecule has 0 saturated heterocycles. The Morgan fingerprint density at radius 3 is 1.62 bits per heavy atom. The molecule has 0 saturated carbocycles. The van der Waals surface area contributed by atoms with Crippen LogP contribution in [-0.4, -0.2) is 11.7 Å². The highest BCUT2D eigenvalue weighted by atomic mass is 16.5. The van der Waals surface area contributed by atoms with Crippen LogP contribution < -0.4 is 4.74 Å². The fraction of sp³-hybridized carbons (Fsp3) is 0.111. The van der Waals surface area contributed by atoms with E-state index in [1.807, 2.05) is 66.7 Å². The van der Waals surface area contributed by atoms with Gasteiger partial charge in [0.1, 0.15) is 11.5 Å². The van der Waals surface area contributed by atoms with Crippen LogP contribution in [0, 0.1) is 0 Å². The zero-order valence-electron chi connectivity index (χ0n) is 16.1. The summed E-state index contributed by atoms with van der Waals surface area (Å²) in [5.41, 5.74) is 6.85. The molecule has 0 unspecified atom stereocenters. The number of hydrogen-bond donors (Lipinski definition) is 1. The number of fused-ring (bicyclic) bond motifs is 1. The summed E-state index contributed by atoms with van der Waals surface area (Å²) in [6.45, 7) is 0.695. The molecule has 0 aromatic heterocycles. The van der Waals surface area contributed by atoms with Crippen LogP contribution in [0.15, 0.2) is 91.0 Å². The van der Waals surface area contributed by atoms with Gasteiger partial charge in [0.15, 0.2) is 0 Å². The lowest BCUT2D eigenvalue weighted by Crippen LogP contribution is -2.12. The Morgan fingerprint density at radius 2 is 1.07 bits per heavy atom. The van der Waals surface area contributed by atoms with E-state index in [1.165, 1.54) is 0 Å². The Balaban J connectivity index is 1.92. The third-order valence-electron chi connectivity index (χ3n) is 5.53. The lowest BCUT2D eigenvalue weighted by atomic mass is 9.83. The average Bonchev–Trinajstić information content (AvgIpc) is 2.80. The second kappa shape index (κ2) is 7.48. The van der Waals surface area contributed by atoms with Crippen molar-refractivity contribution in [1.29, 1.82) is 0 Å². The van der Waals surface area contributed by atoms with Crippen LogP contribution in [0.1, 0.15) is 12.0 Å². The number of rotatable bonds is 3. The molecular weight excluding hydrogens is 356 g/mol. The molecule has 5 rings (SSSR count). The van der Waals surface area contributed by atoms with Gasteiger partial charge in [0.25, 0.3) is 0 Å². The quantitative estimate of drug-likeness (QED) is 0.429. The van der Waals surface area contributed by atoms with Crippen molar-refractivity contribution in [3.63, 3.8) is 0 Å². The van der Waals surface area contributed by atoms with E-state index in [0.29, 0.717) is 12.4 Å². The van der Waals surface area contributed by atoms with Gasteiger partial charge in [-0.1, -0.05) is 91.0 Å². The Kier molecular flexibility index (Phi) is 4.53. The molecule has 0 fully saturated rings. The second-order valence-electron chi connectivity index (χ2n) is 7.33. The van der Waals surface area contributed by atoms with Crippen molar-refractivity contribution in [2.45, 2.75) is 12.8 Å². The SMILES string of the molecule is Oc1c(-c2ccccc2)c2c(c(-c3ccccc3)c1-c1ccccc1)OCCC2. The average molecular weight is 378 g/mol. The fourth-order valence-corrected chi connectivity index (χ4v) is 4.27. The minimum atomic E-state index is 0.325. The van der Waals surface area contributed by atoms with E-state index in [0.717, 1.165) is 57.5 Å². The summed E-state index contributed by atoms with van der Waals surface area (Å²) in [7, 11) is 0. The van der Waals surface area contributed by atoms with Crippen LogP contribution in [0.3, 0.4) is 0 Å². The first-order valence-corrected chi connectivity index (χ1v) is 10.1. The summed E-state index contributed by atoms with van der Waals surface area (Å²) < 4.78 is 6.28. The van der Waals surface area contributed by atoms with E-state index in [4.69, 9.17) is 4.74 Å².